The zero-order chi connectivity index (χ0) is 11.3. The predicted molar refractivity (Wildman–Crippen MR) is 63.4 cm³/mol. The van der Waals surface area contributed by atoms with Crippen molar-refractivity contribution in [1.82, 2.24) is 9.97 Å². The lowest BCUT2D eigenvalue weighted by molar-refractivity contribution is 0.566. The lowest BCUT2D eigenvalue weighted by Crippen LogP contribution is -2.08. The van der Waals surface area contributed by atoms with E-state index < -0.39 is 0 Å². The first-order valence-electron chi connectivity index (χ1n) is 5.22. The van der Waals surface area contributed by atoms with Gasteiger partial charge in [0.15, 0.2) is 0 Å². The minimum atomic E-state index is 0.210. The van der Waals surface area contributed by atoms with Gasteiger partial charge in [0.2, 0.25) is 5.95 Å². The number of hydrogen-bond acceptors (Lipinski definition) is 5. The second-order valence-electron chi connectivity index (χ2n) is 4.00. The quantitative estimate of drug-likeness (QED) is 0.639. The maximum Gasteiger partial charge on any atom is 0.223 e. The smallest absolute Gasteiger partial charge is 0.223 e. The summed E-state index contributed by atoms with van der Waals surface area (Å²) in [5, 5.41) is 3.17. The molecular weight excluding hydrogens is 190 g/mol. The van der Waals surface area contributed by atoms with Crippen LogP contribution in [0.15, 0.2) is 6.07 Å². The maximum absolute atomic E-state index is 5.54. The molecule has 1 rings (SSSR count). The van der Waals surface area contributed by atoms with Gasteiger partial charge in [-0.3, -0.25) is 0 Å². The van der Waals surface area contributed by atoms with Gasteiger partial charge in [-0.05, 0) is 18.8 Å². The number of nitrogens with one attached hydrogen (secondary N) is 1. The molecule has 0 aromatic carbocycles. The van der Waals surface area contributed by atoms with Crippen molar-refractivity contribution in [3.63, 3.8) is 0 Å². The summed E-state index contributed by atoms with van der Waals surface area (Å²) in [5.74, 6) is 2.03. The zero-order valence-corrected chi connectivity index (χ0v) is 9.33. The van der Waals surface area contributed by atoms with Crippen molar-refractivity contribution >= 4 is 17.6 Å². The van der Waals surface area contributed by atoms with Crippen LogP contribution in [0.25, 0.3) is 0 Å². The highest BCUT2D eigenvalue weighted by atomic mass is 15.1. The third-order valence-electron chi connectivity index (χ3n) is 2.03. The fourth-order valence-electron chi connectivity index (χ4n) is 1.30. The van der Waals surface area contributed by atoms with Crippen molar-refractivity contribution in [2.75, 3.05) is 23.3 Å². The molecule has 84 valence electrons. The van der Waals surface area contributed by atoms with E-state index in [2.05, 4.69) is 29.1 Å². The Hall–Kier alpha value is -1.52. The Morgan fingerprint density at radius 3 is 2.67 bits per heavy atom. The summed E-state index contributed by atoms with van der Waals surface area (Å²) >= 11 is 0. The van der Waals surface area contributed by atoms with Gasteiger partial charge in [-0.2, -0.15) is 9.97 Å². The predicted octanol–water partition coefficient (Wildman–Crippen LogP) is 1.49. The van der Waals surface area contributed by atoms with Gasteiger partial charge in [-0.25, -0.2) is 0 Å². The summed E-state index contributed by atoms with van der Waals surface area (Å²) in [7, 11) is 0. The van der Waals surface area contributed by atoms with Crippen LogP contribution < -0.4 is 16.8 Å². The van der Waals surface area contributed by atoms with E-state index in [-0.39, 0.29) is 5.95 Å². The molecule has 5 heteroatoms. The summed E-state index contributed by atoms with van der Waals surface area (Å²) in [5.41, 5.74) is 11.0. The SMILES string of the molecule is CC(C)CCCNc1cc(N)nc(N)n1. The van der Waals surface area contributed by atoms with Gasteiger partial charge in [0.05, 0.1) is 0 Å². The monoisotopic (exact) mass is 209 g/mol. The van der Waals surface area contributed by atoms with E-state index in [1.807, 2.05) is 0 Å². The third kappa shape index (κ3) is 4.49. The van der Waals surface area contributed by atoms with Crippen LogP contribution in [0.2, 0.25) is 0 Å². The molecule has 0 atom stereocenters. The Labute approximate surface area is 90.3 Å². The molecule has 0 amide bonds. The summed E-state index contributed by atoms with van der Waals surface area (Å²) in [6.07, 6.45) is 2.31. The molecule has 0 aliphatic carbocycles. The minimum Gasteiger partial charge on any atom is -0.383 e. The summed E-state index contributed by atoms with van der Waals surface area (Å²) in [4.78, 5) is 7.82. The molecule has 0 saturated carbocycles. The van der Waals surface area contributed by atoms with Gasteiger partial charge < -0.3 is 16.8 Å². The van der Waals surface area contributed by atoms with Crippen LogP contribution in [0.3, 0.4) is 0 Å². The van der Waals surface area contributed by atoms with Gasteiger partial charge in [-0.15, -0.1) is 0 Å². The molecular formula is C10H19N5. The van der Waals surface area contributed by atoms with E-state index in [0.717, 1.165) is 18.9 Å². The molecule has 5 N–H and O–H groups in total. The number of aromatic nitrogens is 2. The van der Waals surface area contributed by atoms with Crippen molar-refractivity contribution in [2.24, 2.45) is 5.92 Å². The van der Waals surface area contributed by atoms with Crippen LogP contribution in [-0.4, -0.2) is 16.5 Å². The second-order valence-corrected chi connectivity index (χ2v) is 4.00. The van der Waals surface area contributed by atoms with Gasteiger partial charge in [0.25, 0.3) is 0 Å². The van der Waals surface area contributed by atoms with E-state index in [4.69, 9.17) is 11.5 Å². The average molecular weight is 209 g/mol. The first kappa shape index (κ1) is 11.6. The molecule has 5 nitrogen and oxygen atoms in total. The number of rotatable bonds is 5. The Balaban J connectivity index is 2.37. The largest absolute Gasteiger partial charge is 0.383 e. The number of nitrogen functional groups attached to an aromatic ring is 2. The highest BCUT2D eigenvalue weighted by Crippen LogP contribution is 2.10. The molecule has 1 heterocycles. The highest BCUT2D eigenvalue weighted by Gasteiger charge is 1.99. The Morgan fingerprint density at radius 2 is 2.07 bits per heavy atom. The lowest BCUT2D eigenvalue weighted by Gasteiger charge is -2.07. The average Bonchev–Trinajstić information content (AvgIpc) is 2.10. The Morgan fingerprint density at radius 1 is 1.33 bits per heavy atom. The molecule has 0 saturated heterocycles. The molecule has 0 unspecified atom stereocenters. The third-order valence-corrected chi connectivity index (χ3v) is 2.03. The van der Waals surface area contributed by atoms with Crippen LogP contribution in [0.5, 0.6) is 0 Å². The van der Waals surface area contributed by atoms with Crippen molar-refractivity contribution in [3.05, 3.63) is 6.07 Å². The standard InChI is InChI=1S/C10H19N5/c1-7(2)4-3-5-13-9-6-8(11)14-10(12)15-9/h6-7H,3-5H2,1-2H3,(H5,11,12,13,14,15). The normalized spacial score (nSPS) is 10.6. The van der Waals surface area contributed by atoms with Gasteiger partial charge >= 0.3 is 0 Å². The van der Waals surface area contributed by atoms with Crippen LogP contribution in [0, 0.1) is 5.92 Å². The van der Waals surface area contributed by atoms with Crippen LogP contribution in [0.1, 0.15) is 26.7 Å². The molecule has 0 spiro atoms. The summed E-state index contributed by atoms with van der Waals surface area (Å²) < 4.78 is 0. The first-order chi connectivity index (χ1) is 7.08. The van der Waals surface area contributed by atoms with Gasteiger partial charge in [0.1, 0.15) is 11.6 Å². The number of anilines is 3. The van der Waals surface area contributed by atoms with Crippen molar-refractivity contribution in [1.29, 1.82) is 0 Å². The molecule has 0 aliphatic heterocycles. The first-order valence-corrected chi connectivity index (χ1v) is 5.22. The second kappa shape index (κ2) is 5.38. The number of hydrogen-bond donors (Lipinski definition) is 3. The fourth-order valence-corrected chi connectivity index (χ4v) is 1.30. The van der Waals surface area contributed by atoms with Gasteiger partial charge in [0, 0.05) is 12.6 Å². The van der Waals surface area contributed by atoms with Crippen LogP contribution in [-0.2, 0) is 0 Å². The molecule has 0 bridgehead atoms. The maximum atomic E-state index is 5.54. The van der Waals surface area contributed by atoms with Crippen LogP contribution in [0.4, 0.5) is 17.6 Å². The topological polar surface area (TPSA) is 89.8 Å². The molecule has 0 aliphatic rings. The van der Waals surface area contributed by atoms with E-state index in [0.29, 0.717) is 11.6 Å². The van der Waals surface area contributed by atoms with Crippen LogP contribution >= 0.6 is 0 Å². The fraction of sp³-hybridized carbons (Fsp3) is 0.600. The molecule has 15 heavy (non-hydrogen) atoms. The van der Waals surface area contributed by atoms with E-state index in [1.54, 1.807) is 6.07 Å². The number of nitrogens with two attached hydrogens (primary N) is 2. The molecule has 1 aromatic rings. The van der Waals surface area contributed by atoms with Gasteiger partial charge in [-0.1, -0.05) is 13.8 Å². The zero-order valence-electron chi connectivity index (χ0n) is 9.33. The van der Waals surface area contributed by atoms with Crippen molar-refractivity contribution in [3.8, 4) is 0 Å². The van der Waals surface area contributed by atoms with Crippen molar-refractivity contribution in [2.45, 2.75) is 26.7 Å². The molecule has 1 aromatic heterocycles. The Kier molecular flexibility index (Phi) is 4.15. The van der Waals surface area contributed by atoms with Crippen molar-refractivity contribution < 1.29 is 0 Å². The highest BCUT2D eigenvalue weighted by molar-refractivity contribution is 5.48. The molecule has 0 radical (unpaired) electrons. The lowest BCUT2D eigenvalue weighted by atomic mass is 10.1. The van der Waals surface area contributed by atoms with E-state index in [9.17, 15) is 0 Å². The summed E-state index contributed by atoms with van der Waals surface area (Å²) in [6, 6.07) is 1.69. The minimum absolute atomic E-state index is 0.210. The summed E-state index contributed by atoms with van der Waals surface area (Å²) in [6.45, 7) is 5.30. The number of nitrogens with zero attached hydrogens (tertiary/aromatic N) is 2. The van der Waals surface area contributed by atoms with E-state index in [1.165, 1.54) is 6.42 Å². The van der Waals surface area contributed by atoms with E-state index >= 15 is 0 Å². The Bertz CT molecular complexity index is 290. The molecule has 0 fully saturated rings.